The summed E-state index contributed by atoms with van der Waals surface area (Å²) in [6.07, 6.45) is -0.202. The fourth-order valence-corrected chi connectivity index (χ4v) is 2.49. The van der Waals surface area contributed by atoms with Gasteiger partial charge < -0.3 is 9.64 Å². The molecule has 0 aromatic heterocycles. The summed E-state index contributed by atoms with van der Waals surface area (Å²) >= 11 is 5.78. The van der Waals surface area contributed by atoms with Crippen molar-refractivity contribution >= 4 is 23.2 Å². The number of benzene rings is 1. The number of alkyl halides is 1. The largest absolute Gasteiger partial charge is 0.373 e. The molecule has 0 spiro atoms. The van der Waals surface area contributed by atoms with E-state index in [0.29, 0.717) is 30.2 Å². The third-order valence-electron chi connectivity index (χ3n) is 3.59. The summed E-state index contributed by atoms with van der Waals surface area (Å²) in [5, 5.41) is 11.0. The lowest BCUT2D eigenvalue weighted by atomic mass is 10.1. The Morgan fingerprint density at radius 3 is 2.90 bits per heavy atom. The molecule has 2 rings (SSSR count). The van der Waals surface area contributed by atoms with Gasteiger partial charge >= 0.3 is 0 Å². The SMILES string of the molecule is Cc1ccc(C(=O)N2CC(CCl)OCC2C)cc1[N+](=O)[O-]. The molecule has 114 valence electrons. The van der Waals surface area contributed by atoms with Crippen LogP contribution in [0.1, 0.15) is 22.8 Å². The highest BCUT2D eigenvalue weighted by molar-refractivity contribution is 6.18. The molecule has 1 fully saturated rings. The zero-order valence-electron chi connectivity index (χ0n) is 11.9. The molecular weight excluding hydrogens is 296 g/mol. The molecule has 1 aromatic carbocycles. The van der Waals surface area contributed by atoms with Crippen molar-refractivity contribution < 1.29 is 14.5 Å². The molecule has 0 aliphatic carbocycles. The number of rotatable bonds is 3. The van der Waals surface area contributed by atoms with Crippen molar-refractivity contribution in [2.75, 3.05) is 19.0 Å². The number of nitro benzene ring substituents is 1. The second-order valence-electron chi connectivity index (χ2n) is 5.17. The van der Waals surface area contributed by atoms with Gasteiger partial charge in [0, 0.05) is 23.7 Å². The van der Waals surface area contributed by atoms with Gasteiger partial charge in [0.2, 0.25) is 0 Å². The van der Waals surface area contributed by atoms with Gasteiger partial charge in [0.25, 0.3) is 11.6 Å². The Morgan fingerprint density at radius 1 is 1.57 bits per heavy atom. The van der Waals surface area contributed by atoms with Crippen LogP contribution in [0, 0.1) is 17.0 Å². The number of carbonyl (C=O) groups is 1. The van der Waals surface area contributed by atoms with Crippen LogP contribution in [-0.4, -0.2) is 46.9 Å². The van der Waals surface area contributed by atoms with Crippen molar-refractivity contribution in [3.63, 3.8) is 0 Å². The Hall–Kier alpha value is -1.66. The molecule has 7 heteroatoms. The number of hydrogen-bond acceptors (Lipinski definition) is 4. The monoisotopic (exact) mass is 312 g/mol. The van der Waals surface area contributed by atoms with E-state index in [-0.39, 0.29) is 23.7 Å². The van der Waals surface area contributed by atoms with Crippen LogP contribution in [0.5, 0.6) is 0 Å². The van der Waals surface area contributed by atoms with E-state index in [2.05, 4.69) is 0 Å². The number of carbonyl (C=O) groups excluding carboxylic acids is 1. The quantitative estimate of drug-likeness (QED) is 0.488. The van der Waals surface area contributed by atoms with Crippen LogP contribution in [0.25, 0.3) is 0 Å². The number of nitro groups is 1. The van der Waals surface area contributed by atoms with E-state index >= 15 is 0 Å². The Morgan fingerprint density at radius 2 is 2.29 bits per heavy atom. The molecule has 2 atom stereocenters. The molecule has 21 heavy (non-hydrogen) atoms. The lowest BCUT2D eigenvalue weighted by Crippen LogP contribution is -2.51. The molecule has 1 aliphatic heterocycles. The highest BCUT2D eigenvalue weighted by Crippen LogP contribution is 2.22. The number of amides is 1. The van der Waals surface area contributed by atoms with Crippen LogP contribution >= 0.6 is 11.6 Å². The molecule has 6 nitrogen and oxygen atoms in total. The summed E-state index contributed by atoms with van der Waals surface area (Å²) in [6, 6.07) is 4.45. The molecular formula is C14H17ClN2O4. The van der Waals surface area contributed by atoms with Crippen LogP contribution in [0.3, 0.4) is 0 Å². The minimum Gasteiger partial charge on any atom is -0.373 e. The van der Waals surface area contributed by atoms with Gasteiger partial charge in [-0.2, -0.15) is 0 Å². The fourth-order valence-electron chi connectivity index (χ4n) is 2.30. The average molecular weight is 313 g/mol. The molecule has 1 saturated heterocycles. The first kappa shape index (κ1) is 15.7. The summed E-state index contributed by atoms with van der Waals surface area (Å²) in [6.45, 7) is 4.33. The van der Waals surface area contributed by atoms with Gasteiger partial charge in [-0.1, -0.05) is 6.07 Å². The molecule has 1 aromatic rings. The minimum absolute atomic E-state index is 0.0457. The topological polar surface area (TPSA) is 72.7 Å². The van der Waals surface area contributed by atoms with Crippen molar-refractivity contribution in [3.05, 3.63) is 39.4 Å². The van der Waals surface area contributed by atoms with Crippen molar-refractivity contribution in [3.8, 4) is 0 Å². The highest BCUT2D eigenvalue weighted by Gasteiger charge is 2.30. The normalized spacial score (nSPS) is 22.1. The number of halogens is 1. The highest BCUT2D eigenvalue weighted by atomic mass is 35.5. The summed E-state index contributed by atoms with van der Waals surface area (Å²) in [7, 11) is 0. The summed E-state index contributed by atoms with van der Waals surface area (Å²) in [5.74, 6) is 0.0777. The van der Waals surface area contributed by atoms with E-state index in [1.165, 1.54) is 6.07 Å². The number of aryl methyl sites for hydroxylation is 1. The third kappa shape index (κ3) is 3.33. The zero-order chi connectivity index (χ0) is 15.6. The van der Waals surface area contributed by atoms with Gasteiger partial charge in [-0.05, 0) is 19.9 Å². The lowest BCUT2D eigenvalue weighted by molar-refractivity contribution is -0.385. The molecule has 0 bridgehead atoms. The Kier molecular flexibility index (Phi) is 4.80. The maximum absolute atomic E-state index is 12.6. The zero-order valence-corrected chi connectivity index (χ0v) is 12.7. The first-order chi connectivity index (χ1) is 9.93. The third-order valence-corrected chi connectivity index (χ3v) is 3.94. The van der Waals surface area contributed by atoms with E-state index in [4.69, 9.17) is 16.3 Å². The summed E-state index contributed by atoms with van der Waals surface area (Å²) in [4.78, 5) is 24.7. The van der Waals surface area contributed by atoms with Gasteiger partial charge in [-0.15, -0.1) is 11.6 Å². The lowest BCUT2D eigenvalue weighted by Gasteiger charge is -2.37. The van der Waals surface area contributed by atoms with E-state index in [1.54, 1.807) is 24.0 Å². The van der Waals surface area contributed by atoms with Gasteiger partial charge in [0.15, 0.2) is 0 Å². The van der Waals surface area contributed by atoms with E-state index in [0.717, 1.165) is 0 Å². The maximum atomic E-state index is 12.6. The molecule has 0 saturated carbocycles. The molecule has 1 amide bonds. The Balaban J connectivity index is 2.26. The number of nitrogens with zero attached hydrogens (tertiary/aromatic N) is 2. The van der Waals surface area contributed by atoms with Crippen LogP contribution in [0.15, 0.2) is 18.2 Å². The van der Waals surface area contributed by atoms with Crippen LogP contribution in [-0.2, 0) is 4.74 Å². The van der Waals surface area contributed by atoms with Gasteiger partial charge in [-0.3, -0.25) is 14.9 Å². The molecule has 2 unspecified atom stereocenters. The van der Waals surface area contributed by atoms with E-state index in [1.807, 2.05) is 6.92 Å². The second-order valence-corrected chi connectivity index (χ2v) is 5.48. The van der Waals surface area contributed by atoms with E-state index < -0.39 is 4.92 Å². The number of hydrogen-bond donors (Lipinski definition) is 0. The number of ether oxygens (including phenoxy) is 1. The first-order valence-corrected chi connectivity index (χ1v) is 7.21. The predicted octanol–water partition coefficient (Wildman–Crippen LogP) is 2.37. The first-order valence-electron chi connectivity index (χ1n) is 6.67. The minimum atomic E-state index is -0.476. The maximum Gasteiger partial charge on any atom is 0.273 e. The standard InChI is InChI=1S/C14H17ClN2O4/c1-9-3-4-11(5-13(9)17(19)20)14(18)16-7-12(6-15)21-8-10(16)2/h3-5,10,12H,6-8H2,1-2H3. The molecule has 1 aliphatic rings. The van der Waals surface area contributed by atoms with Crippen molar-refractivity contribution in [2.24, 2.45) is 0 Å². The number of morpholine rings is 1. The Bertz CT molecular complexity index is 564. The predicted molar refractivity (Wildman–Crippen MR) is 78.8 cm³/mol. The average Bonchev–Trinajstić information content (AvgIpc) is 2.47. The van der Waals surface area contributed by atoms with Gasteiger partial charge in [-0.25, -0.2) is 0 Å². The Labute approximate surface area is 127 Å². The van der Waals surface area contributed by atoms with Crippen LogP contribution in [0.2, 0.25) is 0 Å². The summed E-state index contributed by atoms with van der Waals surface area (Å²) < 4.78 is 5.50. The molecule has 1 heterocycles. The van der Waals surface area contributed by atoms with Crippen LogP contribution in [0.4, 0.5) is 5.69 Å². The smallest absolute Gasteiger partial charge is 0.273 e. The van der Waals surface area contributed by atoms with Crippen molar-refractivity contribution in [1.82, 2.24) is 4.90 Å². The van der Waals surface area contributed by atoms with Crippen molar-refractivity contribution in [1.29, 1.82) is 0 Å². The second kappa shape index (κ2) is 6.41. The van der Waals surface area contributed by atoms with Gasteiger partial charge in [0.1, 0.15) is 0 Å². The fraction of sp³-hybridized carbons (Fsp3) is 0.500. The molecule has 0 radical (unpaired) electrons. The van der Waals surface area contributed by atoms with Gasteiger partial charge in [0.05, 0.1) is 29.6 Å². The summed E-state index contributed by atoms with van der Waals surface area (Å²) in [5.41, 5.74) is 0.801. The van der Waals surface area contributed by atoms with E-state index in [9.17, 15) is 14.9 Å². The molecule has 0 N–H and O–H groups in total. The van der Waals surface area contributed by atoms with Crippen LogP contribution < -0.4 is 0 Å². The van der Waals surface area contributed by atoms with Crippen molar-refractivity contribution in [2.45, 2.75) is 26.0 Å².